The van der Waals surface area contributed by atoms with Gasteiger partial charge >= 0.3 is 0 Å². The molecule has 0 radical (unpaired) electrons. The summed E-state index contributed by atoms with van der Waals surface area (Å²) >= 11 is 3.65. The minimum absolute atomic E-state index is 0.323. The van der Waals surface area contributed by atoms with Gasteiger partial charge in [0.15, 0.2) is 0 Å². The van der Waals surface area contributed by atoms with Crippen LogP contribution in [0.25, 0.3) is 0 Å². The zero-order chi connectivity index (χ0) is 13.0. The molecular formula is C15H23BrN2. The van der Waals surface area contributed by atoms with Gasteiger partial charge in [0.1, 0.15) is 0 Å². The first-order chi connectivity index (χ1) is 8.74. The summed E-state index contributed by atoms with van der Waals surface area (Å²) in [6.07, 6.45) is 6.76. The van der Waals surface area contributed by atoms with Crippen molar-refractivity contribution in [2.24, 2.45) is 5.73 Å². The molecule has 2 nitrogen and oxygen atoms in total. The second kappa shape index (κ2) is 6.69. The zero-order valence-electron chi connectivity index (χ0n) is 11.1. The molecule has 0 aromatic heterocycles. The standard InChI is InChI=1S/C15H23BrN2/c1-18(12-7-3-2-4-8-12)15(11-17)13-9-5-6-10-14(13)16/h5-6,9-10,12,15H,2-4,7-8,11,17H2,1H3. The Balaban J connectivity index is 2.14. The maximum Gasteiger partial charge on any atom is 0.0481 e. The van der Waals surface area contributed by atoms with Gasteiger partial charge in [-0.25, -0.2) is 0 Å². The molecule has 1 atom stereocenters. The van der Waals surface area contributed by atoms with E-state index in [-0.39, 0.29) is 0 Å². The first kappa shape index (κ1) is 14.0. The Hall–Kier alpha value is -0.380. The van der Waals surface area contributed by atoms with Gasteiger partial charge in [-0.05, 0) is 31.5 Å². The van der Waals surface area contributed by atoms with Gasteiger partial charge in [-0.1, -0.05) is 53.4 Å². The Kier molecular flexibility index (Phi) is 5.22. The van der Waals surface area contributed by atoms with Crippen molar-refractivity contribution in [2.75, 3.05) is 13.6 Å². The highest BCUT2D eigenvalue weighted by Crippen LogP contribution is 2.31. The predicted molar refractivity (Wildman–Crippen MR) is 80.6 cm³/mol. The zero-order valence-corrected chi connectivity index (χ0v) is 12.7. The fourth-order valence-electron chi connectivity index (χ4n) is 3.00. The monoisotopic (exact) mass is 310 g/mol. The number of nitrogens with two attached hydrogens (primary N) is 1. The molecule has 1 fully saturated rings. The Morgan fingerprint density at radius 3 is 2.56 bits per heavy atom. The van der Waals surface area contributed by atoms with Crippen LogP contribution in [0.5, 0.6) is 0 Å². The molecule has 18 heavy (non-hydrogen) atoms. The summed E-state index contributed by atoms with van der Waals surface area (Å²) in [7, 11) is 2.23. The van der Waals surface area contributed by atoms with Crippen LogP contribution in [0.4, 0.5) is 0 Å². The number of rotatable bonds is 4. The minimum atomic E-state index is 0.323. The number of hydrogen-bond donors (Lipinski definition) is 1. The lowest BCUT2D eigenvalue weighted by atomic mass is 9.92. The molecule has 0 spiro atoms. The van der Waals surface area contributed by atoms with Crippen LogP contribution < -0.4 is 5.73 Å². The maximum absolute atomic E-state index is 6.02. The van der Waals surface area contributed by atoms with Crippen molar-refractivity contribution in [1.29, 1.82) is 0 Å². The molecule has 1 aromatic carbocycles. The number of halogens is 1. The highest BCUT2D eigenvalue weighted by atomic mass is 79.9. The van der Waals surface area contributed by atoms with Gasteiger partial charge in [0.05, 0.1) is 0 Å². The molecule has 1 unspecified atom stereocenters. The largest absolute Gasteiger partial charge is 0.329 e. The van der Waals surface area contributed by atoms with Gasteiger partial charge < -0.3 is 5.73 Å². The van der Waals surface area contributed by atoms with Crippen LogP contribution in [0, 0.1) is 0 Å². The van der Waals surface area contributed by atoms with Gasteiger partial charge in [-0.2, -0.15) is 0 Å². The number of nitrogens with zero attached hydrogens (tertiary/aromatic N) is 1. The van der Waals surface area contributed by atoms with Crippen molar-refractivity contribution < 1.29 is 0 Å². The predicted octanol–water partition coefficient (Wildman–Crippen LogP) is 3.71. The quantitative estimate of drug-likeness (QED) is 0.918. The van der Waals surface area contributed by atoms with Crippen molar-refractivity contribution >= 4 is 15.9 Å². The van der Waals surface area contributed by atoms with E-state index in [0.717, 1.165) is 0 Å². The van der Waals surface area contributed by atoms with Crippen molar-refractivity contribution in [3.63, 3.8) is 0 Å². The van der Waals surface area contributed by atoms with E-state index >= 15 is 0 Å². The molecular weight excluding hydrogens is 288 g/mol. The number of benzene rings is 1. The number of hydrogen-bond acceptors (Lipinski definition) is 2. The molecule has 3 heteroatoms. The third-order valence-corrected chi connectivity index (χ3v) is 4.85. The topological polar surface area (TPSA) is 29.3 Å². The fourth-order valence-corrected chi connectivity index (χ4v) is 3.55. The van der Waals surface area contributed by atoms with E-state index in [1.54, 1.807) is 0 Å². The van der Waals surface area contributed by atoms with Gasteiger partial charge in [0, 0.05) is 23.1 Å². The van der Waals surface area contributed by atoms with Crippen molar-refractivity contribution in [2.45, 2.75) is 44.2 Å². The Morgan fingerprint density at radius 2 is 1.94 bits per heavy atom. The number of likely N-dealkylation sites (N-methyl/N-ethyl adjacent to an activating group) is 1. The first-order valence-corrected chi connectivity index (χ1v) is 7.69. The molecule has 0 heterocycles. The summed E-state index contributed by atoms with van der Waals surface area (Å²) in [4.78, 5) is 2.49. The maximum atomic E-state index is 6.02. The minimum Gasteiger partial charge on any atom is -0.329 e. The van der Waals surface area contributed by atoms with Crippen LogP contribution in [0.1, 0.15) is 43.7 Å². The highest BCUT2D eigenvalue weighted by molar-refractivity contribution is 9.10. The smallest absolute Gasteiger partial charge is 0.0481 e. The van der Waals surface area contributed by atoms with E-state index in [1.807, 2.05) is 0 Å². The molecule has 0 amide bonds. The molecule has 0 bridgehead atoms. The molecule has 100 valence electrons. The van der Waals surface area contributed by atoms with E-state index in [2.05, 4.69) is 52.1 Å². The molecule has 1 aromatic rings. The van der Waals surface area contributed by atoms with Crippen LogP contribution in [0.3, 0.4) is 0 Å². The molecule has 1 aliphatic rings. The van der Waals surface area contributed by atoms with Crippen LogP contribution in [-0.2, 0) is 0 Å². The third kappa shape index (κ3) is 3.14. The SMILES string of the molecule is CN(C1CCCCC1)C(CN)c1ccccc1Br. The third-order valence-electron chi connectivity index (χ3n) is 4.13. The summed E-state index contributed by atoms with van der Waals surface area (Å²) < 4.78 is 1.17. The van der Waals surface area contributed by atoms with Crippen molar-refractivity contribution in [1.82, 2.24) is 4.90 Å². The lowest BCUT2D eigenvalue weighted by Crippen LogP contribution is -2.39. The molecule has 1 saturated carbocycles. The van der Waals surface area contributed by atoms with Gasteiger partial charge in [0.2, 0.25) is 0 Å². The summed E-state index contributed by atoms with van der Waals surface area (Å²) in [5.74, 6) is 0. The van der Waals surface area contributed by atoms with Crippen LogP contribution in [0.15, 0.2) is 28.7 Å². The van der Waals surface area contributed by atoms with Crippen LogP contribution in [0.2, 0.25) is 0 Å². The molecule has 2 N–H and O–H groups in total. The summed E-state index contributed by atoms with van der Waals surface area (Å²) in [5.41, 5.74) is 7.33. The Morgan fingerprint density at radius 1 is 1.28 bits per heavy atom. The van der Waals surface area contributed by atoms with E-state index in [9.17, 15) is 0 Å². The molecule has 1 aliphatic carbocycles. The molecule has 2 rings (SSSR count). The van der Waals surface area contributed by atoms with Crippen molar-refractivity contribution in [3.05, 3.63) is 34.3 Å². The average molecular weight is 311 g/mol. The van der Waals surface area contributed by atoms with Gasteiger partial charge in [-0.15, -0.1) is 0 Å². The molecule has 0 aliphatic heterocycles. The normalized spacial score (nSPS) is 19.1. The molecule has 0 saturated heterocycles. The second-order valence-electron chi connectivity index (χ2n) is 5.23. The average Bonchev–Trinajstić information content (AvgIpc) is 2.42. The van der Waals surface area contributed by atoms with E-state index < -0.39 is 0 Å². The first-order valence-electron chi connectivity index (χ1n) is 6.90. The van der Waals surface area contributed by atoms with Crippen LogP contribution >= 0.6 is 15.9 Å². The van der Waals surface area contributed by atoms with Crippen molar-refractivity contribution in [3.8, 4) is 0 Å². The van der Waals surface area contributed by atoms with E-state index in [0.29, 0.717) is 18.6 Å². The summed E-state index contributed by atoms with van der Waals surface area (Å²) in [6, 6.07) is 9.45. The van der Waals surface area contributed by atoms with Gasteiger partial charge in [0.25, 0.3) is 0 Å². The second-order valence-corrected chi connectivity index (χ2v) is 6.08. The van der Waals surface area contributed by atoms with E-state index in [1.165, 1.54) is 42.1 Å². The summed E-state index contributed by atoms with van der Waals surface area (Å²) in [6.45, 7) is 0.676. The Bertz CT molecular complexity index is 375. The fraction of sp³-hybridized carbons (Fsp3) is 0.600. The van der Waals surface area contributed by atoms with Crippen LogP contribution in [-0.4, -0.2) is 24.5 Å². The van der Waals surface area contributed by atoms with E-state index in [4.69, 9.17) is 5.73 Å². The Labute approximate surface area is 119 Å². The highest BCUT2D eigenvalue weighted by Gasteiger charge is 2.25. The lowest BCUT2D eigenvalue weighted by molar-refractivity contribution is 0.140. The summed E-state index contributed by atoms with van der Waals surface area (Å²) in [5, 5.41) is 0. The van der Waals surface area contributed by atoms with Gasteiger partial charge in [-0.3, -0.25) is 4.90 Å². The lowest BCUT2D eigenvalue weighted by Gasteiger charge is -2.37.